The number of hydrogen-bond acceptors (Lipinski definition) is 5. The van der Waals surface area contributed by atoms with Crippen molar-refractivity contribution >= 4 is 24.5 Å². The summed E-state index contributed by atoms with van der Waals surface area (Å²) in [7, 11) is 1.48. The van der Waals surface area contributed by atoms with Crippen molar-refractivity contribution in [3.63, 3.8) is 0 Å². The van der Waals surface area contributed by atoms with Crippen molar-refractivity contribution in [2.24, 2.45) is 28.9 Å². The first-order valence-corrected chi connectivity index (χ1v) is 8.80. The lowest BCUT2D eigenvalue weighted by Gasteiger charge is -2.57. The van der Waals surface area contributed by atoms with E-state index >= 15 is 0 Å². The average Bonchev–Trinajstić information content (AvgIpc) is 2.96. The second kappa shape index (κ2) is 6.37. The van der Waals surface area contributed by atoms with Crippen molar-refractivity contribution in [2.45, 2.75) is 50.7 Å². The number of ether oxygens (including phenoxy) is 2. The number of amides is 1. The number of likely N-dealkylation sites (tertiary alicyclic amines) is 1. The number of carbonyl (C=O) groups excluding carboxylic acids is 2. The van der Waals surface area contributed by atoms with Gasteiger partial charge in [-0.05, 0) is 56.3 Å². The predicted molar refractivity (Wildman–Crippen MR) is 89.7 cm³/mol. The van der Waals surface area contributed by atoms with Crippen LogP contribution in [0.5, 0.6) is 0 Å². The van der Waals surface area contributed by atoms with Crippen LogP contribution in [0.3, 0.4) is 0 Å². The zero-order valence-electron chi connectivity index (χ0n) is 14.1. The second-order valence-electron chi connectivity index (χ2n) is 8.09. The van der Waals surface area contributed by atoms with E-state index in [2.05, 4.69) is 0 Å². The van der Waals surface area contributed by atoms with E-state index in [0.717, 1.165) is 38.5 Å². The van der Waals surface area contributed by atoms with Crippen molar-refractivity contribution in [3.8, 4) is 0 Å². The average molecular weight is 359 g/mol. The molecule has 7 heteroatoms. The molecule has 0 radical (unpaired) electrons. The maximum absolute atomic E-state index is 12.4. The summed E-state index contributed by atoms with van der Waals surface area (Å²) in [6, 6.07) is 0.0728. The Bertz CT molecular complexity index is 513. The third-order valence-corrected chi connectivity index (χ3v) is 6.52. The molecule has 6 nitrogen and oxygen atoms in total. The minimum absolute atomic E-state index is 0. The van der Waals surface area contributed by atoms with Gasteiger partial charge in [0.1, 0.15) is 6.10 Å². The highest BCUT2D eigenvalue weighted by Gasteiger charge is 2.60. The van der Waals surface area contributed by atoms with E-state index in [9.17, 15) is 9.59 Å². The fraction of sp³-hybridized carbons (Fsp3) is 0.882. The van der Waals surface area contributed by atoms with Crippen LogP contribution in [0.25, 0.3) is 0 Å². The minimum Gasteiger partial charge on any atom is -0.469 e. The fourth-order valence-corrected chi connectivity index (χ4v) is 5.78. The lowest BCUT2D eigenvalue weighted by Crippen LogP contribution is -2.58. The summed E-state index contributed by atoms with van der Waals surface area (Å²) in [5, 5.41) is 0. The molecule has 5 rings (SSSR count). The van der Waals surface area contributed by atoms with Crippen LogP contribution >= 0.6 is 12.4 Å². The van der Waals surface area contributed by atoms with Crippen LogP contribution in [0.4, 0.5) is 4.79 Å². The van der Waals surface area contributed by atoms with Crippen molar-refractivity contribution in [2.75, 3.05) is 20.2 Å². The van der Waals surface area contributed by atoms with E-state index in [-0.39, 0.29) is 42.0 Å². The lowest BCUT2D eigenvalue weighted by molar-refractivity contribution is -0.182. The number of rotatable bonds is 2. The summed E-state index contributed by atoms with van der Waals surface area (Å²) >= 11 is 0. The first-order valence-electron chi connectivity index (χ1n) is 8.80. The van der Waals surface area contributed by atoms with Crippen molar-refractivity contribution in [1.82, 2.24) is 4.90 Å². The monoisotopic (exact) mass is 358 g/mol. The van der Waals surface area contributed by atoms with Crippen molar-refractivity contribution in [3.05, 3.63) is 0 Å². The molecule has 0 aromatic carbocycles. The molecule has 24 heavy (non-hydrogen) atoms. The zero-order chi connectivity index (χ0) is 16.2. The number of nitrogens with zero attached hydrogens (tertiary/aromatic N) is 1. The summed E-state index contributed by atoms with van der Waals surface area (Å²) < 4.78 is 11.0. The molecule has 2 unspecified atom stereocenters. The van der Waals surface area contributed by atoms with Crippen LogP contribution in [0, 0.1) is 23.2 Å². The maximum atomic E-state index is 12.4. The largest absolute Gasteiger partial charge is 0.469 e. The van der Waals surface area contributed by atoms with Crippen LogP contribution in [-0.4, -0.2) is 49.3 Å². The van der Waals surface area contributed by atoms with Crippen LogP contribution in [0.15, 0.2) is 0 Å². The molecule has 4 bridgehead atoms. The molecule has 1 amide bonds. The quantitative estimate of drug-likeness (QED) is 0.763. The van der Waals surface area contributed by atoms with E-state index in [1.807, 2.05) is 0 Å². The summed E-state index contributed by atoms with van der Waals surface area (Å²) in [4.78, 5) is 26.4. The van der Waals surface area contributed by atoms with E-state index in [4.69, 9.17) is 15.2 Å². The molecule has 3 atom stereocenters. The Morgan fingerprint density at radius 1 is 1.17 bits per heavy atom. The molecule has 5 fully saturated rings. The highest BCUT2D eigenvalue weighted by molar-refractivity contribution is 5.85. The Labute approximate surface area is 148 Å². The zero-order valence-corrected chi connectivity index (χ0v) is 14.9. The van der Waals surface area contributed by atoms with E-state index in [1.54, 1.807) is 4.90 Å². The van der Waals surface area contributed by atoms with Crippen molar-refractivity contribution in [1.29, 1.82) is 0 Å². The number of carbonyl (C=O) groups is 2. The van der Waals surface area contributed by atoms with Gasteiger partial charge in [0.25, 0.3) is 0 Å². The van der Waals surface area contributed by atoms with Gasteiger partial charge >= 0.3 is 12.1 Å². The van der Waals surface area contributed by atoms with Gasteiger partial charge in [-0.3, -0.25) is 4.79 Å². The molecule has 1 aliphatic heterocycles. The second-order valence-corrected chi connectivity index (χ2v) is 8.09. The van der Waals surface area contributed by atoms with Gasteiger partial charge in [0.15, 0.2) is 0 Å². The van der Waals surface area contributed by atoms with Gasteiger partial charge in [0.05, 0.1) is 12.5 Å². The number of methoxy groups -OCH3 is 1. The van der Waals surface area contributed by atoms with Crippen LogP contribution in [0.2, 0.25) is 0 Å². The molecule has 0 aromatic rings. The number of hydrogen-bond donors (Lipinski definition) is 1. The molecule has 5 aliphatic rings. The summed E-state index contributed by atoms with van der Waals surface area (Å²) in [5.41, 5.74) is 5.56. The third kappa shape index (κ3) is 2.77. The van der Waals surface area contributed by atoms with Crippen molar-refractivity contribution < 1.29 is 19.1 Å². The molecule has 136 valence electrons. The van der Waals surface area contributed by atoms with Gasteiger partial charge in [-0.25, -0.2) is 4.79 Å². The Balaban J connectivity index is 0.00000169. The highest BCUT2D eigenvalue weighted by Crippen LogP contribution is 2.61. The van der Waals surface area contributed by atoms with Gasteiger partial charge in [-0.15, -0.1) is 12.4 Å². The Morgan fingerprint density at radius 2 is 1.83 bits per heavy atom. The molecule has 4 saturated carbocycles. The molecule has 2 N–H and O–H groups in total. The predicted octanol–water partition coefficient (Wildman–Crippen LogP) is 1.95. The number of nitrogens with two attached hydrogens (primary N) is 1. The fourth-order valence-electron chi connectivity index (χ4n) is 5.78. The van der Waals surface area contributed by atoms with Crippen LogP contribution in [0.1, 0.15) is 38.5 Å². The molecule has 1 saturated heterocycles. The van der Waals surface area contributed by atoms with E-state index < -0.39 is 0 Å². The van der Waals surface area contributed by atoms with E-state index in [0.29, 0.717) is 30.8 Å². The van der Waals surface area contributed by atoms with Gasteiger partial charge in [-0.1, -0.05) is 0 Å². The maximum Gasteiger partial charge on any atom is 0.410 e. The topological polar surface area (TPSA) is 81.9 Å². The first kappa shape index (κ1) is 17.8. The highest BCUT2D eigenvalue weighted by atomic mass is 35.5. The van der Waals surface area contributed by atoms with Gasteiger partial charge < -0.3 is 20.1 Å². The first-order chi connectivity index (χ1) is 11.0. The Morgan fingerprint density at radius 3 is 2.38 bits per heavy atom. The lowest BCUT2D eigenvalue weighted by atomic mass is 9.48. The summed E-state index contributed by atoms with van der Waals surface area (Å²) in [5.74, 6) is 1.13. The van der Waals surface area contributed by atoms with Gasteiger partial charge in [-0.2, -0.15) is 0 Å². The standard InChI is InChI=1S/C17H26N2O4.ClH/c1-22-15(20)17-6-10-4-11(7-17)14(12(5-10)8-17)23-16(21)19-3-2-13(18)9-19;/h10-14H,2-9,18H2,1H3;1H/t10?,11?,12?,13-,14?,17?;/m1./s1. The summed E-state index contributed by atoms with van der Waals surface area (Å²) in [6.45, 7) is 1.28. The van der Waals surface area contributed by atoms with E-state index in [1.165, 1.54) is 7.11 Å². The van der Waals surface area contributed by atoms with Crippen LogP contribution < -0.4 is 5.73 Å². The third-order valence-electron chi connectivity index (χ3n) is 6.52. The normalized spacial score (nSPS) is 42.6. The smallest absolute Gasteiger partial charge is 0.410 e. The number of esters is 1. The molecule has 0 spiro atoms. The summed E-state index contributed by atoms with van der Waals surface area (Å²) in [6.07, 6.45) is 5.32. The van der Waals surface area contributed by atoms with Gasteiger partial charge in [0, 0.05) is 19.1 Å². The molecular weight excluding hydrogens is 332 g/mol. The van der Waals surface area contributed by atoms with Crippen LogP contribution in [-0.2, 0) is 14.3 Å². The molecule has 1 heterocycles. The Kier molecular flexibility index (Phi) is 4.73. The molecular formula is C17H27ClN2O4. The minimum atomic E-state index is -0.315. The Hall–Kier alpha value is -1.01. The molecule has 0 aromatic heterocycles. The van der Waals surface area contributed by atoms with Gasteiger partial charge in [0.2, 0.25) is 0 Å². The number of halogens is 1. The molecule has 4 aliphatic carbocycles. The SMILES string of the molecule is COC(=O)C12CC3CC(C1)C(OC(=O)N1CC[C@@H](N)C1)C(C3)C2.Cl.